The maximum Gasteiger partial charge on any atom is 0.233 e. The molecule has 0 N–H and O–H groups in total. The highest BCUT2D eigenvalue weighted by Gasteiger charge is 2.26. The van der Waals surface area contributed by atoms with E-state index < -0.39 is 0 Å². The van der Waals surface area contributed by atoms with Gasteiger partial charge < -0.3 is 0 Å². The zero-order valence-electron chi connectivity index (χ0n) is 9.70. The van der Waals surface area contributed by atoms with E-state index in [0.29, 0.717) is 18.5 Å². The lowest BCUT2D eigenvalue weighted by atomic mass is 10.1. The molecular weight excluding hydrogens is 282 g/mol. The van der Waals surface area contributed by atoms with Gasteiger partial charge in [0.2, 0.25) is 11.8 Å². The molecule has 3 nitrogen and oxygen atoms in total. The maximum absolute atomic E-state index is 12.0. The fourth-order valence-electron chi connectivity index (χ4n) is 2.05. The lowest BCUT2D eigenvalue weighted by Crippen LogP contribution is -2.35. The highest BCUT2D eigenvalue weighted by atomic mass is 79.9. The third-order valence-electron chi connectivity index (χ3n) is 2.93. The van der Waals surface area contributed by atoms with Crippen molar-refractivity contribution in [3.63, 3.8) is 0 Å². The summed E-state index contributed by atoms with van der Waals surface area (Å²) >= 11 is 3.38. The Morgan fingerprint density at radius 3 is 2.24 bits per heavy atom. The molecule has 1 heterocycles. The molecule has 90 valence electrons. The van der Waals surface area contributed by atoms with Gasteiger partial charge in [0.15, 0.2) is 0 Å². The highest BCUT2D eigenvalue weighted by molar-refractivity contribution is 9.10. The van der Waals surface area contributed by atoms with Crippen LogP contribution in [0.2, 0.25) is 0 Å². The number of benzene rings is 1. The van der Waals surface area contributed by atoms with Crippen molar-refractivity contribution < 1.29 is 9.59 Å². The first kappa shape index (κ1) is 12.3. The number of anilines is 1. The summed E-state index contributed by atoms with van der Waals surface area (Å²) in [5.74, 6) is -0.171. The van der Waals surface area contributed by atoms with E-state index in [9.17, 15) is 9.59 Å². The molecule has 4 heteroatoms. The molecule has 1 aliphatic heterocycles. The number of imide groups is 1. The van der Waals surface area contributed by atoms with Crippen molar-refractivity contribution in [3.05, 3.63) is 28.2 Å². The Kier molecular flexibility index (Phi) is 3.62. The number of rotatable bonds is 1. The third-order valence-corrected chi connectivity index (χ3v) is 3.42. The van der Waals surface area contributed by atoms with Gasteiger partial charge in [0.1, 0.15) is 0 Å². The molecule has 0 bridgehead atoms. The van der Waals surface area contributed by atoms with Gasteiger partial charge >= 0.3 is 0 Å². The first-order valence-corrected chi connectivity index (χ1v) is 6.51. The van der Waals surface area contributed by atoms with Crippen LogP contribution in [0.25, 0.3) is 0 Å². The molecule has 0 unspecified atom stereocenters. The van der Waals surface area contributed by atoms with E-state index in [1.165, 1.54) is 4.90 Å². The van der Waals surface area contributed by atoms with Gasteiger partial charge in [0, 0.05) is 17.3 Å². The van der Waals surface area contributed by atoms with Crippen LogP contribution in [0.15, 0.2) is 22.7 Å². The minimum atomic E-state index is -0.0853. The first-order valence-electron chi connectivity index (χ1n) is 5.71. The van der Waals surface area contributed by atoms with E-state index in [4.69, 9.17) is 0 Å². The number of carbonyl (C=O) groups excluding carboxylic acids is 2. The van der Waals surface area contributed by atoms with E-state index in [1.807, 2.05) is 25.1 Å². The average molecular weight is 296 g/mol. The average Bonchev–Trinajstić information content (AvgIpc) is 2.42. The zero-order chi connectivity index (χ0) is 12.4. The van der Waals surface area contributed by atoms with Gasteiger partial charge in [0.05, 0.1) is 5.69 Å². The fraction of sp³-hybridized carbons (Fsp3) is 0.385. The molecule has 1 aliphatic rings. The zero-order valence-corrected chi connectivity index (χ0v) is 11.3. The molecule has 17 heavy (non-hydrogen) atoms. The van der Waals surface area contributed by atoms with Gasteiger partial charge in [-0.05, 0) is 43.5 Å². The second kappa shape index (κ2) is 5.00. The Morgan fingerprint density at radius 2 is 1.71 bits per heavy atom. The van der Waals surface area contributed by atoms with Gasteiger partial charge in [-0.15, -0.1) is 0 Å². The molecule has 0 radical (unpaired) electrons. The summed E-state index contributed by atoms with van der Waals surface area (Å²) in [5.41, 5.74) is 1.65. The van der Waals surface area contributed by atoms with Crippen molar-refractivity contribution in [2.45, 2.75) is 32.6 Å². The molecule has 0 saturated carbocycles. The van der Waals surface area contributed by atoms with Crippen molar-refractivity contribution in [3.8, 4) is 0 Å². The third kappa shape index (κ3) is 2.57. The number of halogens is 1. The number of carbonyl (C=O) groups is 2. The predicted molar refractivity (Wildman–Crippen MR) is 69.8 cm³/mol. The summed E-state index contributed by atoms with van der Waals surface area (Å²) in [6.07, 6.45) is 2.52. The Bertz CT molecular complexity index is 452. The minimum Gasteiger partial charge on any atom is -0.274 e. The van der Waals surface area contributed by atoms with Crippen molar-refractivity contribution in [1.29, 1.82) is 0 Å². The van der Waals surface area contributed by atoms with Crippen LogP contribution in [-0.4, -0.2) is 11.8 Å². The van der Waals surface area contributed by atoms with Crippen molar-refractivity contribution >= 4 is 33.4 Å². The summed E-state index contributed by atoms with van der Waals surface area (Å²) in [6.45, 7) is 1.91. The predicted octanol–water partition coefficient (Wildman–Crippen LogP) is 3.19. The Balaban J connectivity index is 2.41. The molecule has 0 aromatic heterocycles. The number of aryl methyl sites for hydroxylation is 1. The summed E-state index contributed by atoms with van der Waals surface area (Å²) in [7, 11) is 0. The van der Waals surface area contributed by atoms with Gasteiger partial charge in [0.25, 0.3) is 0 Å². The van der Waals surface area contributed by atoms with Crippen molar-refractivity contribution in [2.24, 2.45) is 0 Å². The summed E-state index contributed by atoms with van der Waals surface area (Å²) in [5, 5.41) is 0. The molecule has 1 saturated heterocycles. The lowest BCUT2D eigenvalue weighted by molar-refractivity contribution is -0.125. The number of amides is 2. The van der Waals surface area contributed by atoms with Gasteiger partial charge in [-0.2, -0.15) is 0 Å². The highest BCUT2D eigenvalue weighted by Crippen LogP contribution is 2.27. The van der Waals surface area contributed by atoms with Crippen LogP contribution >= 0.6 is 15.9 Å². The normalized spacial score (nSPS) is 17.2. The Hall–Kier alpha value is -1.16. The quantitative estimate of drug-likeness (QED) is 0.746. The van der Waals surface area contributed by atoms with Gasteiger partial charge in [-0.1, -0.05) is 15.9 Å². The summed E-state index contributed by atoms with van der Waals surface area (Å²) < 4.78 is 0.952. The van der Waals surface area contributed by atoms with E-state index in [0.717, 1.165) is 22.9 Å². The molecule has 0 spiro atoms. The van der Waals surface area contributed by atoms with Crippen LogP contribution in [0.4, 0.5) is 5.69 Å². The molecule has 1 fully saturated rings. The lowest BCUT2D eigenvalue weighted by Gasteiger charge is -2.20. The standard InChI is InChI=1S/C13H14BrNO2/c1-9-8-10(14)6-7-11(9)15-12(16)4-2-3-5-13(15)17/h6-8H,2-5H2,1H3. The molecule has 1 aromatic rings. The second-order valence-electron chi connectivity index (χ2n) is 4.26. The van der Waals surface area contributed by atoms with E-state index >= 15 is 0 Å². The van der Waals surface area contributed by atoms with Crippen LogP contribution in [0, 0.1) is 6.92 Å². The van der Waals surface area contributed by atoms with Crippen molar-refractivity contribution in [2.75, 3.05) is 4.90 Å². The maximum atomic E-state index is 12.0. The molecule has 2 amide bonds. The monoisotopic (exact) mass is 295 g/mol. The topological polar surface area (TPSA) is 37.4 Å². The number of nitrogens with zero attached hydrogens (tertiary/aromatic N) is 1. The van der Waals surface area contributed by atoms with Crippen LogP contribution in [0.5, 0.6) is 0 Å². The second-order valence-corrected chi connectivity index (χ2v) is 5.18. The Labute approximate surface area is 109 Å². The molecule has 0 atom stereocenters. The molecule has 2 rings (SSSR count). The smallest absolute Gasteiger partial charge is 0.233 e. The van der Waals surface area contributed by atoms with Crippen molar-refractivity contribution in [1.82, 2.24) is 0 Å². The fourth-order valence-corrected chi connectivity index (χ4v) is 2.53. The van der Waals surface area contributed by atoms with Gasteiger partial charge in [-0.3, -0.25) is 14.5 Å². The Morgan fingerprint density at radius 1 is 1.12 bits per heavy atom. The SMILES string of the molecule is Cc1cc(Br)ccc1N1C(=O)CCCCC1=O. The number of hydrogen-bond acceptors (Lipinski definition) is 2. The number of hydrogen-bond donors (Lipinski definition) is 0. The summed E-state index contributed by atoms with van der Waals surface area (Å²) in [6, 6.07) is 5.59. The molecular formula is C13H14BrNO2. The van der Waals surface area contributed by atoms with Crippen LogP contribution in [0.3, 0.4) is 0 Å². The van der Waals surface area contributed by atoms with E-state index in [-0.39, 0.29) is 11.8 Å². The summed E-state index contributed by atoms with van der Waals surface area (Å²) in [4.78, 5) is 25.3. The minimum absolute atomic E-state index is 0.0853. The largest absolute Gasteiger partial charge is 0.274 e. The molecule has 0 aliphatic carbocycles. The van der Waals surface area contributed by atoms with E-state index in [2.05, 4.69) is 15.9 Å². The first-order chi connectivity index (χ1) is 8.09. The van der Waals surface area contributed by atoms with Crippen LogP contribution in [-0.2, 0) is 9.59 Å². The van der Waals surface area contributed by atoms with Gasteiger partial charge in [-0.25, -0.2) is 0 Å². The molecule has 1 aromatic carbocycles. The van der Waals surface area contributed by atoms with E-state index in [1.54, 1.807) is 0 Å². The van der Waals surface area contributed by atoms with Crippen LogP contribution in [0.1, 0.15) is 31.2 Å². The van der Waals surface area contributed by atoms with Crippen LogP contribution < -0.4 is 4.90 Å².